The quantitative estimate of drug-likeness (QED) is 0.776. The van der Waals surface area contributed by atoms with Crippen LogP contribution in [0.5, 0.6) is 0 Å². The van der Waals surface area contributed by atoms with Gasteiger partial charge in [0.1, 0.15) is 11.4 Å². The van der Waals surface area contributed by atoms with Crippen molar-refractivity contribution in [1.82, 2.24) is 9.55 Å². The molecule has 1 aromatic rings. The molecule has 1 atom stereocenters. The summed E-state index contributed by atoms with van der Waals surface area (Å²) in [6.45, 7) is 2.94. The molecule has 4 heteroatoms. The Morgan fingerprint density at radius 1 is 1.77 bits per heavy atom. The lowest BCUT2D eigenvalue weighted by Gasteiger charge is -2.21. The molecule has 72 valence electrons. The van der Waals surface area contributed by atoms with E-state index in [0.29, 0.717) is 0 Å². The Kier molecular flexibility index (Phi) is 2.34. The van der Waals surface area contributed by atoms with E-state index in [1.165, 1.54) is 0 Å². The highest BCUT2D eigenvalue weighted by molar-refractivity contribution is 7.99. The van der Waals surface area contributed by atoms with Crippen molar-refractivity contribution in [3.05, 3.63) is 18.2 Å². The van der Waals surface area contributed by atoms with E-state index in [1.807, 2.05) is 10.8 Å². The van der Waals surface area contributed by atoms with Crippen LogP contribution in [0, 0.1) is 0 Å². The van der Waals surface area contributed by atoms with Crippen molar-refractivity contribution in [2.45, 2.75) is 25.5 Å². The fourth-order valence-corrected chi connectivity index (χ4v) is 2.94. The largest absolute Gasteiger partial charge is 0.381 e. The predicted octanol–water partition coefficient (Wildman–Crippen LogP) is 1.23. The second-order valence-electron chi connectivity index (χ2n) is 3.37. The number of hydrogen-bond donors (Lipinski definition) is 1. The summed E-state index contributed by atoms with van der Waals surface area (Å²) in [5.74, 6) is 2.65. The highest BCUT2D eigenvalue weighted by Crippen LogP contribution is 2.35. The zero-order valence-electron chi connectivity index (χ0n) is 7.73. The molecular weight excluding hydrogens is 184 g/mol. The van der Waals surface area contributed by atoms with E-state index in [4.69, 9.17) is 0 Å². The first kappa shape index (κ1) is 9.09. The zero-order chi connectivity index (χ0) is 9.31. The minimum absolute atomic E-state index is 0.676. The molecule has 2 rings (SSSR count). The van der Waals surface area contributed by atoms with Crippen molar-refractivity contribution < 1.29 is 5.11 Å². The van der Waals surface area contributed by atoms with Crippen molar-refractivity contribution in [2.24, 2.45) is 0 Å². The number of rotatable bonds is 2. The number of imidazole rings is 1. The lowest BCUT2D eigenvalue weighted by atomic mass is 10.0. The van der Waals surface area contributed by atoms with Crippen LogP contribution in [0.3, 0.4) is 0 Å². The van der Waals surface area contributed by atoms with E-state index >= 15 is 0 Å². The first-order chi connectivity index (χ1) is 6.26. The van der Waals surface area contributed by atoms with E-state index in [1.54, 1.807) is 18.0 Å². The molecule has 1 aromatic heterocycles. The molecule has 1 aliphatic heterocycles. The van der Waals surface area contributed by atoms with Gasteiger partial charge in [-0.2, -0.15) is 11.8 Å². The summed E-state index contributed by atoms with van der Waals surface area (Å²) >= 11 is 1.80. The Labute approximate surface area is 82.2 Å². The van der Waals surface area contributed by atoms with E-state index in [2.05, 4.69) is 11.9 Å². The summed E-state index contributed by atoms with van der Waals surface area (Å²) in [6, 6.07) is 0. The Morgan fingerprint density at radius 2 is 2.62 bits per heavy atom. The molecule has 0 spiro atoms. The number of aliphatic hydroxyl groups is 1. The van der Waals surface area contributed by atoms with E-state index in [0.717, 1.165) is 30.3 Å². The van der Waals surface area contributed by atoms with Crippen LogP contribution in [-0.4, -0.2) is 26.2 Å². The molecule has 2 heterocycles. The Bertz CT molecular complexity index is 292. The average Bonchev–Trinajstić information content (AvgIpc) is 2.72. The summed E-state index contributed by atoms with van der Waals surface area (Å²) in [6.07, 6.45) is 4.52. The maximum absolute atomic E-state index is 10.3. The van der Waals surface area contributed by atoms with Crippen LogP contribution < -0.4 is 0 Å². The van der Waals surface area contributed by atoms with Crippen LogP contribution in [0.25, 0.3) is 0 Å². The first-order valence-electron chi connectivity index (χ1n) is 4.58. The van der Waals surface area contributed by atoms with Crippen LogP contribution in [0.1, 0.15) is 19.2 Å². The molecule has 0 radical (unpaired) electrons. The molecule has 1 saturated heterocycles. The van der Waals surface area contributed by atoms with Crippen molar-refractivity contribution in [3.63, 3.8) is 0 Å². The van der Waals surface area contributed by atoms with Crippen LogP contribution in [0.4, 0.5) is 0 Å². The average molecular weight is 198 g/mol. The molecule has 0 amide bonds. The summed E-state index contributed by atoms with van der Waals surface area (Å²) < 4.78 is 2.02. The fourth-order valence-electron chi connectivity index (χ4n) is 1.70. The highest BCUT2D eigenvalue weighted by atomic mass is 32.2. The summed E-state index contributed by atoms with van der Waals surface area (Å²) in [4.78, 5) is 4.24. The third-order valence-corrected chi connectivity index (χ3v) is 3.65. The molecular formula is C9H14N2OS. The number of thioether (sulfide) groups is 1. The van der Waals surface area contributed by atoms with Crippen LogP contribution in [0.2, 0.25) is 0 Å². The van der Waals surface area contributed by atoms with E-state index in [-0.39, 0.29) is 0 Å². The summed E-state index contributed by atoms with van der Waals surface area (Å²) in [5.41, 5.74) is -0.676. The standard InChI is InChI=1S/C9H14N2OS/c1-2-11-5-4-10-8(11)9(12)3-6-13-7-9/h4-5,12H,2-3,6-7H2,1H3. The van der Waals surface area contributed by atoms with Gasteiger partial charge in [0.25, 0.3) is 0 Å². The minimum atomic E-state index is -0.676. The van der Waals surface area contributed by atoms with Gasteiger partial charge in [0.05, 0.1) is 0 Å². The minimum Gasteiger partial charge on any atom is -0.381 e. The van der Waals surface area contributed by atoms with E-state index in [9.17, 15) is 5.11 Å². The molecule has 1 aliphatic rings. The van der Waals surface area contributed by atoms with Gasteiger partial charge >= 0.3 is 0 Å². The number of nitrogens with zero attached hydrogens (tertiary/aromatic N) is 2. The molecule has 0 bridgehead atoms. The van der Waals surface area contributed by atoms with Gasteiger partial charge in [0.15, 0.2) is 0 Å². The molecule has 0 saturated carbocycles. The third kappa shape index (κ3) is 1.48. The van der Waals surface area contributed by atoms with Gasteiger partial charge in [0.2, 0.25) is 0 Å². The van der Waals surface area contributed by atoms with Gasteiger partial charge in [-0.1, -0.05) is 0 Å². The third-order valence-electron chi connectivity index (χ3n) is 2.47. The van der Waals surface area contributed by atoms with Crippen molar-refractivity contribution >= 4 is 11.8 Å². The SMILES string of the molecule is CCn1ccnc1C1(O)CCSC1. The molecule has 1 N–H and O–H groups in total. The van der Waals surface area contributed by atoms with Gasteiger partial charge in [-0.05, 0) is 19.1 Å². The van der Waals surface area contributed by atoms with Gasteiger partial charge in [-0.15, -0.1) is 0 Å². The maximum atomic E-state index is 10.3. The normalized spacial score (nSPS) is 28.2. The maximum Gasteiger partial charge on any atom is 0.141 e. The van der Waals surface area contributed by atoms with Gasteiger partial charge < -0.3 is 9.67 Å². The van der Waals surface area contributed by atoms with E-state index < -0.39 is 5.60 Å². The molecule has 0 aliphatic carbocycles. The Hall–Kier alpha value is -0.480. The lowest BCUT2D eigenvalue weighted by Crippen LogP contribution is -2.29. The van der Waals surface area contributed by atoms with Crippen molar-refractivity contribution in [2.75, 3.05) is 11.5 Å². The lowest BCUT2D eigenvalue weighted by molar-refractivity contribution is 0.0525. The predicted molar refractivity (Wildman–Crippen MR) is 53.7 cm³/mol. The number of hydrogen-bond acceptors (Lipinski definition) is 3. The molecule has 13 heavy (non-hydrogen) atoms. The second-order valence-corrected chi connectivity index (χ2v) is 4.48. The second kappa shape index (κ2) is 3.35. The van der Waals surface area contributed by atoms with Crippen molar-refractivity contribution in [1.29, 1.82) is 0 Å². The van der Waals surface area contributed by atoms with Crippen molar-refractivity contribution in [3.8, 4) is 0 Å². The first-order valence-corrected chi connectivity index (χ1v) is 5.73. The summed E-state index contributed by atoms with van der Waals surface area (Å²) in [7, 11) is 0. The molecule has 3 nitrogen and oxygen atoms in total. The van der Waals surface area contributed by atoms with Gasteiger partial charge in [0, 0.05) is 24.7 Å². The zero-order valence-corrected chi connectivity index (χ0v) is 8.55. The number of aromatic nitrogens is 2. The molecule has 1 fully saturated rings. The van der Waals surface area contributed by atoms with Crippen LogP contribution in [0.15, 0.2) is 12.4 Å². The van der Waals surface area contributed by atoms with Gasteiger partial charge in [-0.3, -0.25) is 0 Å². The fraction of sp³-hybridized carbons (Fsp3) is 0.667. The Morgan fingerprint density at radius 3 is 3.23 bits per heavy atom. The summed E-state index contributed by atoms with van der Waals surface area (Å²) in [5, 5.41) is 10.3. The smallest absolute Gasteiger partial charge is 0.141 e. The van der Waals surface area contributed by atoms with Gasteiger partial charge in [-0.25, -0.2) is 4.98 Å². The molecule has 1 unspecified atom stereocenters. The Balaban J connectivity index is 2.32. The van der Waals surface area contributed by atoms with Crippen LogP contribution >= 0.6 is 11.8 Å². The topological polar surface area (TPSA) is 38.0 Å². The molecule has 0 aromatic carbocycles. The number of aryl methyl sites for hydroxylation is 1. The monoisotopic (exact) mass is 198 g/mol. The highest BCUT2D eigenvalue weighted by Gasteiger charge is 2.37. The van der Waals surface area contributed by atoms with Crippen LogP contribution in [-0.2, 0) is 12.1 Å².